The summed E-state index contributed by atoms with van der Waals surface area (Å²) in [6, 6.07) is 16.1. The lowest BCUT2D eigenvalue weighted by Crippen LogP contribution is -2.26. The first-order valence-corrected chi connectivity index (χ1v) is 8.71. The quantitative estimate of drug-likeness (QED) is 0.602. The maximum Gasteiger partial charge on any atom is 0.228 e. The van der Waals surface area contributed by atoms with Crippen LogP contribution in [-0.2, 0) is 11.2 Å². The molecule has 1 N–H and O–H groups in total. The van der Waals surface area contributed by atoms with Gasteiger partial charge in [-0.2, -0.15) is 0 Å². The molecule has 0 radical (unpaired) electrons. The van der Waals surface area contributed by atoms with Crippen molar-refractivity contribution in [1.29, 1.82) is 0 Å². The number of thiazole rings is 1. The van der Waals surface area contributed by atoms with Gasteiger partial charge in [0.05, 0.1) is 10.2 Å². The maximum atomic E-state index is 12.5. The first-order valence-electron chi connectivity index (χ1n) is 7.89. The molecule has 4 rings (SSSR count). The van der Waals surface area contributed by atoms with Crippen molar-refractivity contribution in [3.63, 3.8) is 0 Å². The Kier molecular flexibility index (Phi) is 3.78. The molecule has 0 saturated carbocycles. The molecule has 4 nitrogen and oxygen atoms in total. The maximum absolute atomic E-state index is 12.5. The Morgan fingerprint density at radius 1 is 1.17 bits per heavy atom. The van der Waals surface area contributed by atoms with E-state index in [1.807, 2.05) is 48.7 Å². The molecule has 24 heavy (non-hydrogen) atoms. The van der Waals surface area contributed by atoms with Gasteiger partial charge in [0.15, 0.2) is 5.13 Å². The molecule has 0 spiro atoms. The van der Waals surface area contributed by atoms with Gasteiger partial charge in [-0.1, -0.05) is 41.7 Å². The van der Waals surface area contributed by atoms with Crippen molar-refractivity contribution < 1.29 is 4.79 Å². The predicted octanol–water partition coefficient (Wildman–Crippen LogP) is 4.37. The molecular weight excluding hydrogens is 318 g/mol. The number of aryl methyl sites for hydroxylation is 1. The number of rotatable bonds is 4. The number of nitrogens with zero attached hydrogens (tertiary/aromatic N) is 2. The van der Waals surface area contributed by atoms with Gasteiger partial charge in [-0.3, -0.25) is 9.69 Å². The summed E-state index contributed by atoms with van der Waals surface area (Å²) in [4.78, 5) is 22.0. The molecule has 0 aliphatic rings. The highest BCUT2D eigenvalue weighted by Gasteiger charge is 2.16. The fraction of sp³-hybridized carbons (Fsp3) is 0.158. The van der Waals surface area contributed by atoms with Gasteiger partial charge in [-0.15, -0.1) is 0 Å². The smallest absolute Gasteiger partial charge is 0.228 e. The summed E-state index contributed by atoms with van der Waals surface area (Å²) in [6.07, 6.45) is 3.18. The zero-order valence-electron chi connectivity index (χ0n) is 13.3. The van der Waals surface area contributed by atoms with Crippen LogP contribution in [0.15, 0.2) is 54.7 Å². The average Bonchev–Trinajstić information content (AvgIpc) is 3.23. The van der Waals surface area contributed by atoms with Crippen LogP contribution < -0.4 is 4.90 Å². The van der Waals surface area contributed by atoms with Crippen LogP contribution in [0, 0.1) is 0 Å². The Morgan fingerprint density at radius 3 is 2.83 bits per heavy atom. The predicted molar refractivity (Wildman–Crippen MR) is 99.6 cm³/mol. The fourth-order valence-electron chi connectivity index (χ4n) is 2.86. The molecule has 2 heterocycles. The van der Waals surface area contributed by atoms with Crippen molar-refractivity contribution in [2.45, 2.75) is 12.8 Å². The first-order chi connectivity index (χ1) is 11.7. The zero-order chi connectivity index (χ0) is 16.5. The molecule has 0 saturated heterocycles. The van der Waals surface area contributed by atoms with Gasteiger partial charge in [0.2, 0.25) is 5.91 Å². The number of H-pyrrole nitrogens is 1. The van der Waals surface area contributed by atoms with Crippen molar-refractivity contribution >= 4 is 43.5 Å². The molecule has 120 valence electrons. The van der Waals surface area contributed by atoms with Crippen LogP contribution in [-0.4, -0.2) is 22.9 Å². The number of benzene rings is 2. The van der Waals surface area contributed by atoms with Crippen LogP contribution in [0.25, 0.3) is 21.1 Å². The summed E-state index contributed by atoms with van der Waals surface area (Å²) in [7, 11) is 1.80. The SMILES string of the molecule is CN(C(=O)CCc1c[nH]c2ccccc12)c1nc2ccccc2s1. The number of nitrogens with one attached hydrogen (secondary N) is 1. The number of aromatic nitrogens is 2. The number of hydrogen-bond donors (Lipinski definition) is 1. The van der Waals surface area contributed by atoms with Crippen LogP contribution >= 0.6 is 11.3 Å². The van der Waals surface area contributed by atoms with E-state index in [4.69, 9.17) is 0 Å². The van der Waals surface area contributed by atoms with Crippen molar-refractivity contribution in [1.82, 2.24) is 9.97 Å². The summed E-state index contributed by atoms with van der Waals surface area (Å²) in [6.45, 7) is 0. The minimum Gasteiger partial charge on any atom is -0.361 e. The second kappa shape index (κ2) is 6.09. The van der Waals surface area contributed by atoms with Crippen molar-refractivity contribution in [3.8, 4) is 0 Å². The average molecular weight is 335 g/mol. The zero-order valence-corrected chi connectivity index (χ0v) is 14.1. The Hall–Kier alpha value is -2.66. The van der Waals surface area contributed by atoms with Crippen molar-refractivity contribution in [2.75, 3.05) is 11.9 Å². The third kappa shape index (κ3) is 2.67. The summed E-state index contributed by atoms with van der Waals surface area (Å²) in [5.41, 5.74) is 3.23. The molecular formula is C19H17N3OS. The Labute approximate surface area is 143 Å². The van der Waals surface area contributed by atoms with E-state index in [2.05, 4.69) is 16.0 Å². The van der Waals surface area contributed by atoms with E-state index in [1.54, 1.807) is 23.3 Å². The molecule has 2 aromatic heterocycles. The lowest BCUT2D eigenvalue weighted by molar-refractivity contribution is -0.118. The summed E-state index contributed by atoms with van der Waals surface area (Å²) in [5.74, 6) is 0.0827. The second-order valence-electron chi connectivity index (χ2n) is 5.78. The van der Waals surface area contributed by atoms with Gasteiger partial charge in [0, 0.05) is 30.6 Å². The standard InChI is InChI=1S/C19H17N3OS/c1-22(19-21-16-8-4-5-9-17(16)24-19)18(23)11-10-13-12-20-15-7-3-2-6-14(13)15/h2-9,12,20H,10-11H2,1H3. The van der Waals surface area contributed by atoms with E-state index in [0.29, 0.717) is 6.42 Å². The number of para-hydroxylation sites is 2. The molecule has 0 aliphatic heterocycles. The number of fused-ring (bicyclic) bond motifs is 2. The van der Waals surface area contributed by atoms with Crippen LogP contribution in [0.4, 0.5) is 5.13 Å². The number of carbonyl (C=O) groups is 1. The minimum atomic E-state index is 0.0827. The molecule has 2 aromatic carbocycles. The van der Waals surface area contributed by atoms with Crippen LogP contribution in [0.1, 0.15) is 12.0 Å². The highest BCUT2D eigenvalue weighted by molar-refractivity contribution is 7.22. The van der Waals surface area contributed by atoms with E-state index in [9.17, 15) is 4.79 Å². The number of hydrogen-bond acceptors (Lipinski definition) is 3. The Bertz CT molecular complexity index is 984. The fourth-order valence-corrected chi connectivity index (χ4v) is 3.80. The lowest BCUT2D eigenvalue weighted by Gasteiger charge is -2.13. The number of anilines is 1. The van der Waals surface area contributed by atoms with Gasteiger partial charge in [-0.05, 0) is 30.2 Å². The Morgan fingerprint density at radius 2 is 1.96 bits per heavy atom. The van der Waals surface area contributed by atoms with E-state index in [0.717, 1.165) is 27.3 Å². The third-order valence-electron chi connectivity index (χ3n) is 4.23. The molecule has 1 amide bonds. The summed E-state index contributed by atoms with van der Waals surface area (Å²) in [5, 5.41) is 1.94. The molecule has 0 aliphatic carbocycles. The normalized spacial score (nSPS) is 11.2. The number of carbonyl (C=O) groups excluding carboxylic acids is 1. The molecule has 0 bridgehead atoms. The molecule has 5 heteroatoms. The minimum absolute atomic E-state index is 0.0827. The molecule has 4 aromatic rings. The van der Waals surface area contributed by atoms with E-state index in [-0.39, 0.29) is 5.91 Å². The lowest BCUT2D eigenvalue weighted by atomic mass is 10.1. The van der Waals surface area contributed by atoms with Gasteiger partial charge in [-0.25, -0.2) is 4.98 Å². The highest BCUT2D eigenvalue weighted by Crippen LogP contribution is 2.28. The van der Waals surface area contributed by atoms with E-state index < -0.39 is 0 Å². The van der Waals surface area contributed by atoms with E-state index in [1.165, 1.54) is 10.9 Å². The van der Waals surface area contributed by atoms with E-state index >= 15 is 0 Å². The van der Waals surface area contributed by atoms with Crippen LogP contribution in [0.5, 0.6) is 0 Å². The highest BCUT2D eigenvalue weighted by atomic mass is 32.1. The summed E-state index contributed by atoms with van der Waals surface area (Å²) < 4.78 is 1.10. The van der Waals surface area contributed by atoms with Crippen LogP contribution in [0.3, 0.4) is 0 Å². The number of amides is 1. The topological polar surface area (TPSA) is 49.0 Å². The summed E-state index contributed by atoms with van der Waals surface area (Å²) >= 11 is 1.55. The van der Waals surface area contributed by atoms with Crippen LogP contribution in [0.2, 0.25) is 0 Å². The van der Waals surface area contributed by atoms with Crippen molar-refractivity contribution in [2.24, 2.45) is 0 Å². The third-order valence-corrected chi connectivity index (χ3v) is 5.34. The second-order valence-corrected chi connectivity index (χ2v) is 6.79. The van der Waals surface area contributed by atoms with Gasteiger partial charge < -0.3 is 4.98 Å². The van der Waals surface area contributed by atoms with Gasteiger partial charge >= 0.3 is 0 Å². The molecule has 0 atom stereocenters. The van der Waals surface area contributed by atoms with Gasteiger partial charge in [0.1, 0.15) is 0 Å². The Balaban J connectivity index is 1.49. The monoisotopic (exact) mass is 335 g/mol. The van der Waals surface area contributed by atoms with Crippen molar-refractivity contribution in [3.05, 3.63) is 60.3 Å². The van der Waals surface area contributed by atoms with Gasteiger partial charge in [0.25, 0.3) is 0 Å². The number of aromatic amines is 1. The molecule has 0 fully saturated rings. The molecule has 0 unspecified atom stereocenters. The first kappa shape index (κ1) is 14.9. The largest absolute Gasteiger partial charge is 0.361 e.